The Kier molecular flexibility index (Phi) is 14.5. The second-order valence-electron chi connectivity index (χ2n) is 16.6. The number of rotatable bonds is 12. The van der Waals surface area contributed by atoms with Crippen molar-refractivity contribution in [1.29, 1.82) is 0 Å². The monoisotopic (exact) mass is 882 g/mol. The lowest BCUT2D eigenvalue weighted by atomic mass is 9.86. The summed E-state index contributed by atoms with van der Waals surface area (Å²) in [6, 6.07) is 14.3. The Morgan fingerprint density at radius 2 is 1.73 bits per heavy atom. The lowest BCUT2D eigenvalue weighted by Gasteiger charge is -2.31. The van der Waals surface area contributed by atoms with E-state index in [4.69, 9.17) is 23.9 Å². The average molecular weight is 883 g/mol. The number of phenols is 1. The molecule has 5 heterocycles. The van der Waals surface area contributed by atoms with E-state index in [-0.39, 0.29) is 42.2 Å². The number of benzene rings is 2. The number of aliphatic hydroxyl groups is 1. The summed E-state index contributed by atoms with van der Waals surface area (Å²) in [6.07, 6.45) is 0.202. The van der Waals surface area contributed by atoms with Gasteiger partial charge < -0.3 is 44.4 Å². The summed E-state index contributed by atoms with van der Waals surface area (Å²) in [5.41, 5.74) is 1.60. The first-order chi connectivity index (χ1) is 30.5. The summed E-state index contributed by atoms with van der Waals surface area (Å²) in [4.78, 5) is 92.6. The molecule has 0 radical (unpaired) electrons. The highest BCUT2D eigenvalue weighted by Gasteiger charge is 2.46. The van der Waals surface area contributed by atoms with Crippen molar-refractivity contribution >= 4 is 52.8 Å². The van der Waals surface area contributed by atoms with E-state index < -0.39 is 71.4 Å². The van der Waals surface area contributed by atoms with E-state index in [0.717, 1.165) is 35.0 Å². The number of hydrogen-bond donors (Lipinski definition) is 4. The minimum Gasteiger partial charge on any atom is -0.505 e. The number of para-hydroxylation sites is 2. The van der Waals surface area contributed by atoms with E-state index in [9.17, 15) is 43.8 Å². The van der Waals surface area contributed by atoms with Gasteiger partial charge in [0.25, 0.3) is 11.5 Å². The Labute approximate surface area is 369 Å². The van der Waals surface area contributed by atoms with Gasteiger partial charge in [-0.05, 0) is 62.9 Å². The number of unbranched alkanes of at least 4 members (excludes halogenated alkanes) is 2. The zero-order valence-corrected chi connectivity index (χ0v) is 36.7. The lowest BCUT2D eigenvalue weighted by Crippen LogP contribution is -2.50. The zero-order chi connectivity index (χ0) is 46.5. The first-order valence-electron chi connectivity index (χ1n) is 21.5. The highest BCUT2D eigenvalue weighted by molar-refractivity contribution is 6.01. The number of anilines is 1. The lowest BCUT2D eigenvalue weighted by molar-refractivity contribution is -0.175. The van der Waals surface area contributed by atoms with Crippen LogP contribution in [0.25, 0.3) is 22.3 Å². The molecule has 64 heavy (non-hydrogen) atoms. The molecule has 1 saturated heterocycles. The van der Waals surface area contributed by atoms with Crippen molar-refractivity contribution in [2.75, 3.05) is 5.32 Å². The number of nitrogens with one attached hydrogen (secondary N) is 2. The van der Waals surface area contributed by atoms with Gasteiger partial charge in [0.05, 0.1) is 46.2 Å². The van der Waals surface area contributed by atoms with Gasteiger partial charge >= 0.3 is 23.9 Å². The number of carbonyl (C=O) groups excluding carboxylic acids is 6. The Hall–Kier alpha value is -6.62. The number of nitrogens with zero attached hydrogens (tertiary/aromatic N) is 2. The third kappa shape index (κ3) is 9.63. The number of pyridine rings is 2. The van der Waals surface area contributed by atoms with E-state index in [1.54, 1.807) is 17.6 Å². The molecular weight excluding hydrogens is 829 g/mol. The Morgan fingerprint density at radius 3 is 2.44 bits per heavy atom. The second kappa shape index (κ2) is 19.8. The largest absolute Gasteiger partial charge is 0.505 e. The van der Waals surface area contributed by atoms with E-state index in [0.29, 0.717) is 42.6 Å². The minimum absolute atomic E-state index is 0.00114. The average Bonchev–Trinajstić information content (AvgIpc) is 3.62. The second-order valence-corrected chi connectivity index (χ2v) is 16.6. The molecule has 3 aliphatic rings. The predicted molar refractivity (Wildman–Crippen MR) is 232 cm³/mol. The molecule has 0 spiro atoms. The topological polar surface area (TPSA) is 239 Å². The number of aromatic hydroxyl groups is 1. The number of aromatic nitrogens is 2. The molecule has 0 saturated carbocycles. The van der Waals surface area contributed by atoms with Crippen LogP contribution in [-0.4, -0.2) is 80.3 Å². The van der Waals surface area contributed by atoms with Crippen LogP contribution >= 0.6 is 0 Å². The van der Waals surface area contributed by atoms with Crippen molar-refractivity contribution in [1.82, 2.24) is 14.9 Å². The molecule has 2 aromatic carbocycles. The van der Waals surface area contributed by atoms with Gasteiger partial charge in [-0.3, -0.25) is 24.0 Å². The highest BCUT2D eigenvalue weighted by Crippen LogP contribution is 2.39. The van der Waals surface area contributed by atoms with Crippen molar-refractivity contribution < 1.29 is 57.9 Å². The highest BCUT2D eigenvalue weighted by atomic mass is 16.6. The van der Waals surface area contributed by atoms with Crippen LogP contribution in [0.3, 0.4) is 0 Å². The van der Waals surface area contributed by atoms with E-state index >= 15 is 0 Å². The molecule has 17 heteroatoms. The van der Waals surface area contributed by atoms with Crippen LogP contribution in [-0.2, 0) is 61.7 Å². The van der Waals surface area contributed by atoms with Gasteiger partial charge in [-0.15, -0.1) is 0 Å². The summed E-state index contributed by atoms with van der Waals surface area (Å²) in [5, 5.41) is 26.9. The summed E-state index contributed by atoms with van der Waals surface area (Å²) in [5.74, 6) is -4.98. The Morgan fingerprint density at radius 1 is 1.00 bits per heavy atom. The van der Waals surface area contributed by atoms with E-state index in [1.165, 1.54) is 32.0 Å². The first kappa shape index (κ1) is 46.9. The Bertz CT molecular complexity index is 2520. The SMILES string of the molecule is CCC1(O)C(=O)OCc2c1cc1n(c2=O)Cc2cc3ccccc3nc2-1.CCCCCC1C(=O)OC(C)C(NC(=O)c2cccc(NC=O)c2O)C(=O)OC(C)C1OC(=O)CC(C)C. The van der Waals surface area contributed by atoms with Gasteiger partial charge in [0.15, 0.2) is 23.5 Å². The van der Waals surface area contributed by atoms with Gasteiger partial charge in [0, 0.05) is 22.9 Å². The minimum atomic E-state index is -1.79. The standard InChI is InChI=1S/C27H38N2O9.C20H16N2O4/c1-6-7-8-10-19-24(38-21(31)13-15(2)3)17(5)37-27(35)22(16(4)36-26(19)34)29-25(33)18-11-9-12-20(23(18)32)28-14-30;1-2-20(25)14-8-16-17-12(7-11-5-3-4-6-15(11)21-17)9-22(16)18(23)13(14)10-26-19(20)24/h9,11-12,14-17,19,22,24,32H,6-8,10,13H2,1-5H3,(H,28,30)(H,29,33);3-8,25H,2,9-10H2,1H3. The first-order valence-corrected chi connectivity index (χ1v) is 21.5. The number of carbonyl (C=O) groups is 6. The fraction of sp³-hybridized carbons (Fsp3) is 0.447. The van der Waals surface area contributed by atoms with Crippen molar-refractivity contribution in [3.63, 3.8) is 0 Å². The maximum absolute atomic E-state index is 13.3. The van der Waals surface area contributed by atoms with Gasteiger partial charge in [-0.1, -0.05) is 71.2 Å². The predicted octanol–water partition coefficient (Wildman–Crippen LogP) is 5.17. The molecule has 2 amide bonds. The molecule has 0 bridgehead atoms. The maximum Gasteiger partial charge on any atom is 0.343 e. The molecule has 4 N–H and O–H groups in total. The van der Waals surface area contributed by atoms with Gasteiger partial charge in [-0.25, -0.2) is 14.6 Å². The van der Waals surface area contributed by atoms with E-state index in [2.05, 4.69) is 10.6 Å². The number of esters is 4. The van der Waals surface area contributed by atoms with Crippen molar-refractivity contribution in [3.05, 3.63) is 87.2 Å². The van der Waals surface area contributed by atoms with Crippen molar-refractivity contribution in [3.8, 4) is 17.1 Å². The molecule has 3 aliphatic heterocycles. The molecule has 17 nitrogen and oxygen atoms in total. The van der Waals surface area contributed by atoms with Crippen molar-refractivity contribution in [2.45, 2.75) is 123 Å². The number of amides is 2. The third-order valence-corrected chi connectivity index (χ3v) is 11.6. The molecule has 2 aromatic heterocycles. The number of phenolic OH excluding ortho intramolecular Hbond substituents is 1. The van der Waals surface area contributed by atoms with Crippen LogP contribution in [0.15, 0.2) is 59.4 Å². The van der Waals surface area contributed by atoms with Crippen LogP contribution in [0, 0.1) is 11.8 Å². The summed E-state index contributed by atoms with van der Waals surface area (Å²) in [7, 11) is 0. The van der Waals surface area contributed by atoms with Crippen molar-refractivity contribution in [2.24, 2.45) is 11.8 Å². The zero-order valence-electron chi connectivity index (χ0n) is 36.7. The normalized spacial score (nSPS) is 22.4. The number of ether oxygens (including phenoxy) is 4. The van der Waals surface area contributed by atoms with Crippen LogP contribution in [0.4, 0.5) is 5.69 Å². The van der Waals surface area contributed by atoms with Crippen LogP contribution in [0.1, 0.15) is 107 Å². The van der Waals surface area contributed by atoms with Crippen LogP contribution in [0.2, 0.25) is 0 Å². The smallest absolute Gasteiger partial charge is 0.343 e. The van der Waals surface area contributed by atoms with Gasteiger partial charge in [0.1, 0.15) is 18.8 Å². The number of cyclic esters (lactones) is 3. The van der Waals surface area contributed by atoms with Crippen LogP contribution < -0.4 is 16.2 Å². The summed E-state index contributed by atoms with van der Waals surface area (Å²) >= 11 is 0. The fourth-order valence-electron chi connectivity index (χ4n) is 8.15. The molecule has 6 unspecified atom stereocenters. The molecule has 7 rings (SSSR count). The quantitative estimate of drug-likeness (QED) is 0.0416. The molecule has 1 fully saturated rings. The number of fused-ring (bicyclic) bond motifs is 5. The fourth-order valence-corrected chi connectivity index (χ4v) is 8.15. The molecule has 4 aromatic rings. The molecule has 6 atom stereocenters. The van der Waals surface area contributed by atoms with Gasteiger partial charge in [-0.2, -0.15) is 0 Å². The molecule has 340 valence electrons. The molecule has 0 aliphatic carbocycles. The van der Waals surface area contributed by atoms with E-state index in [1.807, 2.05) is 51.1 Å². The van der Waals surface area contributed by atoms with Gasteiger partial charge in [0.2, 0.25) is 6.41 Å². The number of hydrogen-bond acceptors (Lipinski definition) is 14. The molecular formula is C47H54N4O13. The maximum atomic E-state index is 13.3. The third-order valence-electron chi connectivity index (χ3n) is 11.6. The van der Waals surface area contributed by atoms with Crippen LogP contribution in [0.5, 0.6) is 5.75 Å². The summed E-state index contributed by atoms with van der Waals surface area (Å²) in [6.45, 7) is 10.7. The Balaban J connectivity index is 0.000000226. The summed E-state index contributed by atoms with van der Waals surface area (Å²) < 4.78 is 23.6.